The first-order chi connectivity index (χ1) is 10.2. The predicted octanol–water partition coefficient (Wildman–Crippen LogP) is 4.36. The molecule has 0 amide bonds. The van der Waals surface area contributed by atoms with Crippen LogP contribution in [0, 0.1) is 5.92 Å². The Hall–Kier alpha value is -0.380. The fourth-order valence-corrected chi connectivity index (χ4v) is 5.64. The van der Waals surface area contributed by atoms with Gasteiger partial charge in [-0.3, -0.25) is 4.90 Å². The first kappa shape index (κ1) is 15.5. The molecule has 1 saturated carbocycles. The van der Waals surface area contributed by atoms with Crippen LogP contribution >= 0.6 is 11.3 Å². The maximum absolute atomic E-state index is 6.31. The summed E-state index contributed by atoms with van der Waals surface area (Å²) in [5.74, 6) is 0.950. The van der Waals surface area contributed by atoms with E-state index in [0.29, 0.717) is 6.04 Å². The molecular formula is C18H30N2S. The third-order valence-electron chi connectivity index (χ3n) is 6.00. The lowest BCUT2D eigenvalue weighted by molar-refractivity contribution is 0.00622. The summed E-state index contributed by atoms with van der Waals surface area (Å²) in [6, 6.07) is 2.88. The number of nitrogens with zero attached hydrogens (tertiary/aromatic N) is 1. The Morgan fingerprint density at radius 1 is 1.38 bits per heavy atom. The van der Waals surface area contributed by atoms with Gasteiger partial charge in [-0.2, -0.15) is 0 Å². The molecule has 3 heteroatoms. The molecule has 2 aliphatic rings. The smallest absolute Gasteiger partial charge is 0.0338 e. The van der Waals surface area contributed by atoms with E-state index >= 15 is 0 Å². The van der Waals surface area contributed by atoms with Gasteiger partial charge in [-0.25, -0.2) is 0 Å². The molecule has 1 aromatic rings. The highest BCUT2D eigenvalue weighted by Crippen LogP contribution is 2.44. The topological polar surface area (TPSA) is 29.3 Å². The zero-order chi connectivity index (χ0) is 14.9. The quantitative estimate of drug-likeness (QED) is 0.896. The highest BCUT2D eigenvalue weighted by Gasteiger charge is 2.43. The van der Waals surface area contributed by atoms with E-state index in [-0.39, 0.29) is 5.54 Å². The summed E-state index contributed by atoms with van der Waals surface area (Å²) in [5, 5.41) is 2.26. The Morgan fingerprint density at radius 3 is 2.81 bits per heavy atom. The van der Waals surface area contributed by atoms with Gasteiger partial charge in [0.05, 0.1) is 0 Å². The van der Waals surface area contributed by atoms with Gasteiger partial charge in [0.1, 0.15) is 0 Å². The second kappa shape index (κ2) is 6.39. The molecule has 2 nitrogen and oxygen atoms in total. The lowest BCUT2D eigenvalue weighted by atomic mass is 9.73. The van der Waals surface area contributed by atoms with Gasteiger partial charge in [-0.1, -0.05) is 19.8 Å². The van der Waals surface area contributed by atoms with Crippen molar-refractivity contribution >= 4 is 11.3 Å². The van der Waals surface area contributed by atoms with Gasteiger partial charge in [0.2, 0.25) is 0 Å². The summed E-state index contributed by atoms with van der Waals surface area (Å²) < 4.78 is 0. The molecule has 1 aliphatic heterocycles. The van der Waals surface area contributed by atoms with Crippen LogP contribution in [0.2, 0.25) is 0 Å². The fraction of sp³-hybridized carbons (Fsp3) is 0.778. The van der Waals surface area contributed by atoms with Crippen LogP contribution in [0.4, 0.5) is 0 Å². The SMILES string of the molecule is CCCC1CCC(CN)(N2CCc3sccc3C2C)CC1. The van der Waals surface area contributed by atoms with E-state index in [9.17, 15) is 0 Å². The lowest BCUT2D eigenvalue weighted by Crippen LogP contribution is -2.58. The van der Waals surface area contributed by atoms with E-state index in [2.05, 4.69) is 30.2 Å². The summed E-state index contributed by atoms with van der Waals surface area (Å²) in [6.07, 6.45) is 9.33. The minimum atomic E-state index is 0.267. The van der Waals surface area contributed by atoms with Gasteiger partial charge in [-0.05, 0) is 62.0 Å². The van der Waals surface area contributed by atoms with Crippen molar-refractivity contribution in [2.45, 2.75) is 70.4 Å². The zero-order valence-corrected chi connectivity index (χ0v) is 14.4. The molecule has 3 rings (SSSR count). The number of fused-ring (bicyclic) bond motifs is 1. The molecule has 0 aromatic carbocycles. The maximum atomic E-state index is 6.31. The minimum absolute atomic E-state index is 0.267. The number of hydrogen-bond donors (Lipinski definition) is 1. The Bertz CT molecular complexity index is 460. The molecule has 1 aliphatic carbocycles. The molecule has 2 heterocycles. The average molecular weight is 307 g/mol. The molecule has 1 aromatic heterocycles. The van der Waals surface area contributed by atoms with Crippen LogP contribution < -0.4 is 5.73 Å². The molecule has 0 bridgehead atoms. The molecule has 0 saturated heterocycles. The number of hydrogen-bond acceptors (Lipinski definition) is 3. The summed E-state index contributed by atoms with van der Waals surface area (Å²) in [7, 11) is 0. The second-order valence-corrected chi connectivity index (χ2v) is 8.08. The van der Waals surface area contributed by atoms with Crippen molar-refractivity contribution in [2.75, 3.05) is 13.1 Å². The van der Waals surface area contributed by atoms with Crippen molar-refractivity contribution in [2.24, 2.45) is 11.7 Å². The van der Waals surface area contributed by atoms with E-state index < -0.39 is 0 Å². The van der Waals surface area contributed by atoms with Gasteiger partial charge < -0.3 is 5.73 Å². The van der Waals surface area contributed by atoms with E-state index in [0.717, 1.165) is 12.5 Å². The molecule has 0 radical (unpaired) electrons. The van der Waals surface area contributed by atoms with Crippen LogP contribution in [0.15, 0.2) is 11.4 Å². The molecule has 2 N–H and O–H groups in total. The highest BCUT2D eigenvalue weighted by atomic mass is 32.1. The number of nitrogens with two attached hydrogens (primary N) is 1. The zero-order valence-electron chi connectivity index (χ0n) is 13.6. The summed E-state index contributed by atoms with van der Waals surface area (Å²) in [5.41, 5.74) is 8.14. The van der Waals surface area contributed by atoms with Crippen molar-refractivity contribution in [1.29, 1.82) is 0 Å². The van der Waals surface area contributed by atoms with Gasteiger partial charge >= 0.3 is 0 Å². The molecule has 1 unspecified atom stereocenters. The van der Waals surface area contributed by atoms with Gasteiger partial charge in [0.15, 0.2) is 0 Å². The van der Waals surface area contributed by atoms with Crippen LogP contribution in [0.25, 0.3) is 0 Å². The Morgan fingerprint density at radius 2 is 2.14 bits per heavy atom. The summed E-state index contributed by atoms with van der Waals surface area (Å²) in [4.78, 5) is 4.36. The Labute approximate surface area is 133 Å². The number of rotatable bonds is 4. The molecule has 1 atom stereocenters. The molecule has 0 spiro atoms. The van der Waals surface area contributed by atoms with Gasteiger partial charge in [-0.15, -0.1) is 11.3 Å². The van der Waals surface area contributed by atoms with Crippen molar-refractivity contribution < 1.29 is 0 Å². The third kappa shape index (κ3) is 2.80. The first-order valence-electron chi connectivity index (χ1n) is 8.73. The second-order valence-electron chi connectivity index (χ2n) is 7.08. The molecule has 1 fully saturated rings. The van der Waals surface area contributed by atoms with Crippen molar-refractivity contribution in [3.05, 3.63) is 21.9 Å². The van der Waals surface area contributed by atoms with Crippen LogP contribution in [0.5, 0.6) is 0 Å². The number of thiophene rings is 1. The summed E-state index contributed by atoms with van der Waals surface area (Å²) in [6.45, 7) is 6.73. The van der Waals surface area contributed by atoms with Crippen LogP contribution in [0.1, 0.15) is 68.9 Å². The fourth-order valence-electron chi connectivity index (χ4n) is 4.68. The van der Waals surface area contributed by atoms with Crippen molar-refractivity contribution in [3.63, 3.8) is 0 Å². The average Bonchev–Trinajstić information content (AvgIpc) is 2.99. The molecule has 118 valence electrons. The minimum Gasteiger partial charge on any atom is -0.329 e. The van der Waals surface area contributed by atoms with Crippen LogP contribution in [0.3, 0.4) is 0 Å². The van der Waals surface area contributed by atoms with E-state index in [1.165, 1.54) is 51.5 Å². The lowest BCUT2D eigenvalue weighted by Gasteiger charge is -2.51. The van der Waals surface area contributed by atoms with E-state index in [1.807, 2.05) is 11.3 Å². The van der Waals surface area contributed by atoms with Crippen LogP contribution in [-0.4, -0.2) is 23.5 Å². The molecule has 21 heavy (non-hydrogen) atoms. The third-order valence-corrected chi connectivity index (χ3v) is 7.00. The molecular weight excluding hydrogens is 276 g/mol. The van der Waals surface area contributed by atoms with Gasteiger partial charge in [0, 0.05) is 29.5 Å². The standard InChI is InChI=1S/C18H30N2S/c1-3-4-15-5-9-18(13-19,10-6-15)20-11-7-17-16(14(20)2)8-12-21-17/h8,12,14-15H,3-7,9-11,13,19H2,1-2H3. The maximum Gasteiger partial charge on any atom is 0.0338 e. The largest absolute Gasteiger partial charge is 0.329 e. The van der Waals surface area contributed by atoms with E-state index in [1.54, 1.807) is 10.4 Å². The normalized spacial score (nSPS) is 33.9. The highest BCUT2D eigenvalue weighted by molar-refractivity contribution is 7.10. The van der Waals surface area contributed by atoms with Crippen LogP contribution in [-0.2, 0) is 6.42 Å². The monoisotopic (exact) mass is 306 g/mol. The first-order valence-corrected chi connectivity index (χ1v) is 9.61. The predicted molar refractivity (Wildman–Crippen MR) is 91.8 cm³/mol. The van der Waals surface area contributed by atoms with E-state index in [4.69, 9.17) is 5.73 Å². The van der Waals surface area contributed by atoms with Gasteiger partial charge in [0.25, 0.3) is 0 Å². The Kier molecular flexibility index (Phi) is 4.72. The van der Waals surface area contributed by atoms with Crippen molar-refractivity contribution in [1.82, 2.24) is 4.90 Å². The summed E-state index contributed by atoms with van der Waals surface area (Å²) >= 11 is 1.93. The van der Waals surface area contributed by atoms with Crippen molar-refractivity contribution in [3.8, 4) is 0 Å². The Balaban J connectivity index is 1.75.